The summed E-state index contributed by atoms with van der Waals surface area (Å²) in [6.45, 7) is 1.80. The summed E-state index contributed by atoms with van der Waals surface area (Å²) >= 11 is 0. The van der Waals surface area contributed by atoms with Crippen molar-refractivity contribution in [2.24, 2.45) is 5.73 Å². The Bertz CT molecular complexity index is 493. The molecule has 0 saturated carbocycles. The van der Waals surface area contributed by atoms with Crippen molar-refractivity contribution in [1.29, 1.82) is 0 Å². The molecule has 0 spiro atoms. The van der Waals surface area contributed by atoms with Gasteiger partial charge in [0.05, 0.1) is 6.04 Å². The van der Waals surface area contributed by atoms with Crippen LogP contribution in [0.3, 0.4) is 0 Å². The molecule has 0 bridgehead atoms. The Kier molecular flexibility index (Phi) is 2.30. The zero-order valence-electron chi connectivity index (χ0n) is 8.08. The highest BCUT2D eigenvalue weighted by molar-refractivity contribution is 5.19. The molecule has 2 heterocycles. The Balaban J connectivity index is 2.49. The van der Waals surface area contributed by atoms with Gasteiger partial charge in [0.2, 0.25) is 0 Å². The Morgan fingerprint density at radius 2 is 2.33 bits per heavy atom. The van der Waals surface area contributed by atoms with Crippen LogP contribution in [0.25, 0.3) is 5.82 Å². The lowest BCUT2D eigenvalue weighted by Gasteiger charge is -2.06. The Morgan fingerprint density at radius 1 is 1.53 bits per heavy atom. The van der Waals surface area contributed by atoms with E-state index in [1.807, 2.05) is 0 Å². The highest BCUT2D eigenvalue weighted by atomic mass is 16.1. The maximum atomic E-state index is 10.8. The van der Waals surface area contributed by atoms with E-state index in [4.69, 9.17) is 5.73 Å². The first-order chi connectivity index (χ1) is 7.18. The molecule has 0 unspecified atom stereocenters. The van der Waals surface area contributed by atoms with Crippen molar-refractivity contribution in [2.75, 3.05) is 0 Å². The van der Waals surface area contributed by atoms with Crippen LogP contribution in [0.4, 0.5) is 0 Å². The molecule has 15 heavy (non-hydrogen) atoms. The van der Waals surface area contributed by atoms with Gasteiger partial charge in [-0.2, -0.15) is 14.9 Å². The number of H-pyrrole nitrogens is 1. The highest BCUT2D eigenvalue weighted by Gasteiger charge is 2.11. The van der Waals surface area contributed by atoms with Crippen molar-refractivity contribution in [3.8, 4) is 5.82 Å². The normalized spacial score (nSPS) is 12.7. The molecule has 2 aromatic heterocycles. The number of nitrogens with zero attached hydrogens (tertiary/aromatic N) is 4. The van der Waals surface area contributed by atoms with Crippen LogP contribution in [0, 0.1) is 0 Å². The lowest BCUT2D eigenvalue weighted by Crippen LogP contribution is -2.16. The second kappa shape index (κ2) is 3.62. The smallest absolute Gasteiger partial charge is 0.264 e. The summed E-state index contributed by atoms with van der Waals surface area (Å²) in [5.41, 5.74) is 5.44. The third kappa shape index (κ3) is 1.77. The lowest BCUT2D eigenvalue weighted by atomic mass is 10.3. The average molecular weight is 206 g/mol. The first-order valence-electron chi connectivity index (χ1n) is 4.40. The van der Waals surface area contributed by atoms with Gasteiger partial charge in [0.15, 0.2) is 11.6 Å². The average Bonchev–Trinajstić information content (AvgIpc) is 2.67. The molecule has 0 fully saturated rings. The van der Waals surface area contributed by atoms with E-state index < -0.39 is 0 Å². The predicted molar refractivity (Wildman–Crippen MR) is 52.4 cm³/mol. The van der Waals surface area contributed by atoms with Crippen LogP contribution in [0.5, 0.6) is 0 Å². The van der Waals surface area contributed by atoms with Crippen LogP contribution in [0.15, 0.2) is 23.3 Å². The molecule has 7 nitrogen and oxygen atoms in total. The number of nitrogens with one attached hydrogen (secondary N) is 1. The van der Waals surface area contributed by atoms with Crippen LogP contribution >= 0.6 is 0 Å². The molecule has 0 aliphatic heterocycles. The third-order valence-electron chi connectivity index (χ3n) is 1.86. The van der Waals surface area contributed by atoms with Crippen LogP contribution in [0.2, 0.25) is 0 Å². The zero-order valence-corrected chi connectivity index (χ0v) is 8.08. The lowest BCUT2D eigenvalue weighted by molar-refractivity contribution is 0.673. The van der Waals surface area contributed by atoms with Gasteiger partial charge in [-0.3, -0.25) is 4.79 Å². The minimum atomic E-state index is -0.263. The van der Waals surface area contributed by atoms with Gasteiger partial charge in [-0.25, -0.2) is 10.1 Å². The fraction of sp³-hybridized carbons (Fsp3) is 0.250. The van der Waals surface area contributed by atoms with Crippen molar-refractivity contribution < 1.29 is 0 Å². The largest absolute Gasteiger partial charge is 0.322 e. The van der Waals surface area contributed by atoms with Crippen LogP contribution in [-0.2, 0) is 0 Å². The first kappa shape index (κ1) is 9.53. The fourth-order valence-electron chi connectivity index (χ4n) is 1.19. The molecule has 0 aliphatic rings. The summed E-state index contributed by atoms with van der Waals surface area (Å²) in [6.07, 6.45) is 1.39. The minimum Gasteiger partial charge on any atom is -0.322 e. The second-order valence-corrected chi connectivity index (χ2v) is 3.10. The number of aromatic nitrogens is 5. The fourth-order valence-corrected chi connectivity index (χ4v) is 1.19. The van der Waals surface area contributed by atoms with Gasteiger partial charge in [-0.1, -0.05) is 0 Å². The highest BCUT2D eigenvalue weighted by Crippen LogP contribution is 2.08. The van der Waals surface area contributed by atoms with Crippen molar-refractivity contribution >= 4 is 0 Å². The van der Waals surface area contributed by atoms with Crippen LogP contribution in [-0.4, -0.2) is 25.0 Å². The summed E-state index contributed by atoms with van der Waals surface area (Å²) in [4.78, 5) is 14.8. The van der Waals surface area contributed by atoms with Crippen molar-refractivity contribution in [3.63, 3.8) is 0 Å². The zero-order chi connectivity index (χ0) is 10.8. The molecule has 2 rings (SSSR count). The predicted octanol–water partition coefficient (Wildman–Crippen LogP) is -0.630. The summed E-state index contributed by atoms with van der Waals surface area (Å²) in [5.74, 6) is 1.08. The first-order valence-corrected chi connectivity index (χ1v) is 4.40. The molecule has 0 amide bonds. The standard InChI is InChI=1S/C8H10N6O/c1-5(9)8-10-4-11-14(8)6-2-3-7(15)13-12-6/h2-5H,9H2,1H3,(H,13,15)/t5-/m0/s1. The van der Waals surface area contributed by atoms with Gasteiger partial charge in [-0.05, 0) is 13.0 Å². The number of hydrogen-bond acceptors (Lipinski definition) is 5. The second-order valence-electron chi connectivity index (χ2n) is 3.10. The molecule has 0 saturated heterocycles. The van der Waals surface area contributed by atoms with E-state index in [0.29, 0.717) is 11.6 Å². The third-order valence-corrected chi connectivity index (χ3v) is 1.86. The number of nitrogens with two attached hydrogens (primary N) is 1. The molecule has 1 atom stereocenters. The molecular formula is C8H10N6O. The SMILES string of the molecule is C[C@H](N)c1ncnn1-c1ccc(=O)[nH]n1. The van der Waals surface area contributed by atoms with E-state index >= 15 is 0 Å². The summed E-state index contributed by atoms with van der Waals surface area (Å²) in [5, 5.41) is 10.1. The number of aromatic amines is 1. The van der Waals surface area contributed by atoms with E-state index in [1.54, 1.807) is 13.0 Å². The van der Waals surface area contributed by atoms with Gasteiger partial charge in [0.25, 0.3) is 5.56 Å². The van der Waals surface area contributed by atoms with Gasteiger partial charge < -0.3 is 5.73 Å². The quantitative estimate of drug-likeness (QED) is 0.681. The number of rotatable bonds is 2. The summed E-state index contributed by atoms with van der Waals surface area (Å²) in [7, 11) is 0. The van der Waals surface area contributed by atoms with E-state index in [9.17, 15) is 4.79 Å². The molecule has 0 radical (unpaired) electrons. The van der Waals surface area contributed by atoms with Gasteiger partial charge in [0.1, 0.15) is 6.33 Å². The Morgan fingerprint density at radius 3 is 2.93 bits per heavy atom. The van der Waals surface area contributed by atoms with Gasteiger partial charge >= 0.3 is 0 Å². The van der Waals surface area contributed by atoms with Crippen molar-refractivity contribution in [1.82, 2.24) is 25.0 Å². The molecule has 0 aromatic carbocycles. The van der Waals surface area contributed by atoms with E-state index in [-0.39, 0.29) is 11.6 Å². The Hall–Kier alpha value is -2.02. The van der Waals surface area contributed by atoms with Gasteiger partial charge in [0, 0.05) is 6.07 Å². The van der Waals surface area contributed by atoms with Crippen LogP contribution < -0.4 is 11.3 Å². The monoisotopic (exact) mass is 206 g/mol. The molecule has 2 aromatic rings. The molecule has 0 aliphatic carbocycles. The van der Waals surface area contributed by atoms with E-state index in [1.165, 1.54) is 17.1 Å². The minimum absolute atomic E-state index is 0.249. The number of hydrogen-bond donors (Lipinski definition) is 2. The molecular weight excluding hydrogens is 196 g/mol. The molecule has 78 valence electrons. The Labute approximate surface area is 85.0 Å². The maximum absolute atomic E-state index is 10.8. The van der Waals surface area contributed by atoms with Crippen molar-refractivity contribution in [2.45, 2.75) is 13.0 Å². The molecule has 3 N–H and O–H groups in total. The van der Waals surface area contributed by atoms with Gasteiger partial charge in [-0.15, -0.1) is 0 Å². The summed E-state index contributed by atoms with van der Waals surface area (Å²) in [6, 6.07) is 2.68. The van der Waals surface area contributed by atoms with Crippen molar-refractivity contribution in [3.05, 3.63) is 34.6 Å². The van der Waals surface area contributed by atoms with Crippen LogP contribution in [0.1, 0.15) is 18.8 Å². The van der Waals surface area contributed by atoms with E-state index in [2.05, 4.69) is 20.3 Å². The topological polar surface area (TPSA) is 102 Å². The maximum Gasteiger partial charge on any atom is 0.264 e. The molecule has 7 heteroatoms. The van der Waals surface area contributed by atoms with E-state index in [0.717, 1.165) is 0 Å². The summed E-state index contributed by atoms with van der Waals surface area (Å²) < 4.78 is 1.49.